The van der Waals surface area contributed by atoms with Crippen LogP contribution < -0.4 is 0 Å². The third-order valence-corrected chi connectivity index (χ3v) is 5.17. The Hall–Kier alpha value is -2.17. The summed E-state index contributed by atoms with van der Waals surface area (Å²) < 4.78 is 0. The molecule has 5 nitrogen and oxygen atoms in total. The molecule has 1 aliphatic heterocycles. The van der Waals surface area contributed by atoms with Gasteiger partial charge in [-0.25, -0.2) is 4.98 Å². The Labute approximate surface area is 136 Å². The lowest BCUT2D eigenvalue weighted by atomic mass is 9.91. The van der Waals surface area contributed by atoms with E-state index in [1.54, 1.807) is 0 Å². The SMILES string of the molecule is Cc1nc([C@H]2CCCN(C(=O)C3(c4ccccc4)CC3)C2)n[nH]1. The second-order valence-electron chi connectivity index (χ2n) is 6.82. The average Bonchev–Trinajstić information content (AvgIpc) is 3.30. The summed E-state index contributed by atoms with van der Waals surface area (Å²) in [6.07, 6.45) is 4.02. The van der Waals surface area contributed by atoms with Gasteiger partial charge in [-0.1, -0.05) is 30.3 Å². The van der Waals surface area contributed by atoms with Gasteiger partial charge >= 0.3 is 0 Å². The quantitative estimate of drug-likeness (QED) is 0.947. The molecule has 5 heteroatoms. The molecule has 1 N–H and O–H groups in total. The largest absolute Gasteiger partial charge is 0.341 e. The van der Waals surface area contributed by atoms with E-state index in [2.05, 4.69) is 27.3 Å². The number of aromatic nitrogens is 3. The van der Waals surface area contributed by atoms with Gasteiger partial charge in [0, 0.05) is 19.0 Å². The Bertz CT molecular complexity index is 705. The van der Waals surface area contributed by atoms with Crippen molar-refractivity contribution >= 4 is 5.91 Å². The smallest absolute Gasteiger partial charge is 0.233 e. The molecule has 1 aromatic heterocycles. The molecule has 2 fully saturated rings. The number of carbonyl (C=O) groups is 1. The molecular formula is C18H22N4O. The summed E-state index contributed by atoms with van der Waals surface area (Å²) in [5, 5.41) is 7.21. The van der Waals surface area contributed by atoms with Crippen molar-refractivity contribution in [1.29, 1.82) is 0 Å². The first kappa shape index (κ1) is 14.4. The molecule has 0 spiro atoms. The summed E-state index contributed by atoms with van der Waals surface area (Å²) in [4.78, 5) is 19.6. The van der Waals surface area contributed by atoms with E-state index in [4.69, 9.17) is 0 Å². The highest BCUT2D eigenvalue weighted by atomic mass is 16.2. The van der Waals surface area contributed by atoms with E-state index in [-0.39, 0.29) is 11.3 Å². The van der Waals surface area contributed by atoms with Crippen molar-refractivity contribution < 1.29 is 4.79 Å². The third-order valence-electron chi connectivity index (χ3n) is 5.17. The van der Waals surface area contributed by atoms with Crippen molar-refractivity contribution in [3.8, 4) is 0 Å². The van der Waals surface area contributed by atoms with Gasteiger partial charge in [0.05, 0.1) is 5.41 Å². The number of hydrogen-bond acceptors (Lipinski definition) is 3. The highest BCUT2D eigenvalue weighted by Gasteiger charge is 2.53. The zero-order chi connectivity index (χ0) is 15.9. The van der Waals surface area contributed by atoms with Crippen LogP contribution in [0.4, 0.5) is 0 Å². The van der Waals surface area contributed by atoms with Crippen LogP contribution >= 0.6 is 0 Å². The summed E-state index contributed by atoms with van der Waals surface area (Å²) in [7, 11) is 0. The predicted molar refractivity (Wildman–Crippen MR) is 87.0 cm³/mol. The number of likely N-dealkylation sites (tertiary alicyclic amines) is 1. The Balaban J connectivity index is 1.53. The van der Waals surface area contributed by atoms with Gasteiger partial charge in [0.25, 0.3) is 0 Å². The monoisotopic (exact) mass is 310 g/mol. The molecule has 1 saturated heterocycles. The maximum absolute atomic E-state index is 13.1. The van der Waals surface area contributed by atoms with Crippen LogP contribution in [0.25, 0.3) is 0 Å². The van der Waals surface area contributed by atoms with Crippen molar-refractivity contribution in [2.75, 3.05) is 13.1 Å². The molecular weight excluding hydrogens is 288 g/mol. The molecule has 0 unspecified atom stereocenters. The number of carbonyl (C=O) groups excluding carboxylic acids is 1. The van der Waals surface area contributed by atoms with Crippen LogP contribution in [0.5, 0.6) is 0 Å². The molecule has 4 rings (SSSR count). The Morgan fingerprint density at radius 2 is 2.09 bits per heavy atom. The van der Waals surface area contributed by atoms with Crippen LogP contribution in [0.1, 0.15) is 48.8 Å². The molecule has 0 bridgehead atoms. The fraction of sp³-hybridized carbons (Fsp3) is 0.500. The van der Waals surface area contributed by atoms with Gasteiger partial charge in [-0.2, -0.15) is 5.10 Å². The number of amides is 1. The van der Waals surface area contributed by atoms with Crippen LogP contribution in [0.15, 0.2) is 30.3 Å². The van der Waals surface area contributed by atoms with E-state index in [9.17, 15) is 4.79 Å². The maximum atomic E-state index is 13.1. The summed E-state index contributed by atoms with van der Waals surface area (Å²) in [6.45, 7) is 3.51. The normalized spacial score (nSPS) is 22.8. The van der Waals surface area contributed by atoms with E-state index in [0.29, 0.717) is 5.91 Å². The number of nitrogens with zero attached hydrogens (tertiary/aromatic N) is 3. The first-order valence-electron chi connectivity index (χ1n) is 8.43. The van der Waals surface area contributed by atoms with Crippen LogP contribution in [0, 0.1) is 6.92 Å². The van der Waals surface area contributed by atoms with Gasteiger partial charge in [-0.05, 0) is 38.2 Å². The zero-order valence-corrected chi connectivity index (χ0v) is 13.5. The maximum Gasteiger partial charge on any atom is 0.233 e. The molecule has 1 aromatic carbocycles. The molecule has 2 aromatic rings. The van der Waals surface area contributed by atoms with Crippen LogP contribution in [-0.2, 0) is 10.2 Å². The van der Waals surface area contributed by atoms with E-state index >= 15 is 0 Å². The second kappa shape index (κ2) is 5.48. The summed E-state index contributed by atoms with van der Waals surface area (Å²) in [5.41, 5.74) is 0.902. The number of hydrogen-bond donors (Lipinski definition) is 1. The van der Waals surface area contributed by atoms with Gasteiger partial charge in [-0.15, -0.1) is 0 Å². The summed E-state index contributed by atoms with van der Waals surface area (Å²) >= 11 is 0. The second-order valence-corrected chi connectivity index (χ2v) is 6.82. The van der Waals surface area contributed by atoms with E-state index < -0.39 is 0 Å². The number of rotatable bonds is 3. The van der Waals surface area contributed by atoms with Crippen LogP contribution in [0.3, 0.4) is 0 Å². The van der Waals surface area contributed by atoms with Gasteiger partial charge in [-0.3, -0.25) is 9.89 Å². The molecule has 2 aliphatic rings. The van der Waals surface area contributed by atoms with Gasteiger partial charge in [0.1, 0.15) is 5.82 Å². The van der Waals surface area contributed by atoms with E-state index in [0.717, 1.165) is 50.4 Å². The van der Waals surface area contributed by atoms with Crippen molar-refractivity contribution in [1.82, 2.24) is 20.1 Å². The summed E-state index contributed by atoms with van der Waals surface area (Å²) in [6, 6.07) is 10.2. The van der Waals surface area contributed by atoms with Gasteiger partial charge in [0.15, 0.2) is 5.82 Å². The third kappa shape index (κ3) is 2.54. The first-order valence-corrected chi connectivity index (χ1v) is 8.43. The Morgan fingerprint density at radius 1 is 1.30 bits per heavy atom. The van der Waals surface area contributed by atoms with Crippen molar-refractivity contribution in [3.63, 3.8) is 0 Å². The highest BCUT2D eigenvalue weighted by molar-refractivity contribution is 5.91. The zero-order valence-electron chi connectivity index (χ0n) is 13.5. The summed E-state index contributed by atoms with van der Waals surface area (Å²) in [5.74, 6) is 2.24. The molecule has 120 valence electrons. The molecule has 1 saturated carbocycles. The molecule has 2 heterocycles. The standard InChI is InChI=1S/C18H22N4O/c1-13-19-16(21-20-13)14-6-5-11-22(12-14)17(23)18(9-10-18)15-7-3-2-4-8-15/h2-4,7-8,14H,5-6,9-12H2,1H3,(H,19,20,21)/t14-/m0/s1. The Morgan fingerprint density at radius 3 is 2.74 bits per heavy atom. The number of aryl methyl sites for hydroxylation is 1. The number of nitrogens with one attached hydrogen (secondary N) is 1. The van der Waals surface area contributed by atoms with Gasteiger partial charge < -0.3 is 4.90 Å². The van der Waals surface area contributed by atoms with Crippen molar-refractivity contribution in [2.24, 2.45) is 0 Å². The highest BCUT2D eigenvalue weighted by Crippen LogP contribution is 2.50. The van der Waals surface area contributed by atoms with E-state index in [1.807, 2.05) is 30.0 Å². The van der Waals surface area contributed by atoms with Crippen molar-refractivity contribution in [2.45, 2.75) is 43.9 Å². The fourth-order valence-corrected chi connectivity index (χ4v) is 3.73. The lowest BCUT2D eigenvalue weighted by Crippen LogP contribution is -2.44. The average molecular weight is 310 g/mol. The minimum atomic E-state index is -0.266. The molecule has 1 amide bonds. The number of aromatic amines is 1. The number of piperidine rings is 1. The fourth-order valence-electron chi connectivity index (χ4n) is 3.73. The first-order chi connectivity index (χ1) is 11.2. The topological polar surface area (TPSA) is 61.9 Å². The Kier molecular flexibility index (Phi) is 3.43. The molecule has 0 radical (unpaired) electrons. The van der Waals surface area contributed by atoms with Gasteiger partial charge in [0.2, 0.25) is 5.91 Å². The van der Waals surface area contributed by atoms with Crippen LogP contribution in [-0.4, -0.2) is 39.1 Å². The predicted octanol–water partition coefficient (Wildman–Crippen LogP) is 2.55. The van der Waals surface area contributed by atoms with Crippen molar-refractivity contribution in [3.05, 3.63) is 47.5 Å². The lowest BCUT2D eigenvalue weighted by molar-refractivity contribution is -0.135. The lowest BCUT2D eigenvalue weighted by Gasteiger charge is -2.34. The number of H-pyrrole nitrogens is 1. The number of benzene rings is 1. The molecule has 1 atom stereocenters. The molecule has 1 aliphatic carbocycles. The molecule has 23 heavy (non-hydrogen) atoms. The van der Waals surface area contributed by atoms with Crippen LogP contribution in [0.2, 0.25) is 0 Å². The minimum Gasteiger partial charge on any atom is -0.341 e. The van der Waals surface area contributed by atoms with E-state index in [1.165, 1.54) is 5.56 Å². The minimum absolute atomic E-state index is 0.254.